The first-order valence-electron chi connectivity index (χ1n) is 11.9. The number of hydrazone groups is 1. The number of amides is 2. The lowest BCUT2D eigenvalue weighted by Gasteiger charge is -2.31. The van der Waals surface area contributed by atoms with Gasteiger partial charge >= 0.3 is 0 Å². The standard InChI is InChI=1S/C26H27ClN4O3S2/c27-20-6-2-1-5-19(20)22-17-21(23-7-3-15-35-23)28-31(22)25(32)18-30(26(33)24-8-4-16-36-24)10-9-29-11-13-34-14-12-29/h1-8,15-16,22H,9-14,17-18H2/t22-/m0/s1. The van der Waals surface area contributed by atoms with Crippen LogP contribution in [-0.4, -0.2) is 78.3 Å². The molecule has 7 nitrogen and oxygen atoms in total. The highest BCUT2D eigenvalue weighted by atomic mass is 35.5. The third-order valence-corrected chi connectivity index (χ3v) is 8.49. The summed E-state index contributed by atoms with van der Waals surface area (Å²) < 4.78 is 5.44. The molecule has 3 aromatic rings. The van der Waals surface area contributed by atoms with Gasteiger partial charge in [-0.1, -0.05) is 41.9 Å². The highest BCUT2D eigenvalue weighted by Crippen LogP contribution is 2.37. The number of ether oxygens (including phenoxy) is 1. The van der Waals surface area contributed by atoms with Gasteiger partial charge in [0, 0.05) is 37.6 Å². The zero-order valence-corrected chi connectivity index (χ0v) is 22.1. The van der Waals surface area contributed by atoms with Crippen molar-refractivity contribution in [2.24, 2.45) is 5.10 Å². The minimum atomic E-state index is -0.318. The number of morpholine rings is 1. The van der Waals surface area contributed by atoms with Crippen LogP contribution in [0.4, 0.5) is 0 Å². The molecule has 2 amide bonds. The van der Waals surface area contributed by atoms with Gasteiger partial charge in [-0.25, -0.2) is 5.01 Å². The molecule has 1 aromatic carbocycles. The fraction of sp³-hybridized carbons (Fsp3) is 0.346. The number of hydrogen-bond acceptors (Lipinski definition) is 7. The van der Waals surface area contributed by atoms with Crippen LogP contribution in [0.3, 0.4) is 0 Å². The van der Waals surface area contributed by atoms with E-state index in [1.54, 1.807) is 22.3 Å². The second kappa shape index (κ2) is 11.7. The van der Waals surface area contributed by atoms with Crippen LogP contribution in [0.25, 0.3) is 0 Å². The van der Waals surface area contributed by atoms with Gasteiger partial charge in [-0.3, -0.25) is 14.5 Å². The molecular formula is C26H27ClN4O3S2. The highest BCUT2D eigenvalue weighted by Gasteiger charge is 2.36. The SMILES string of the molecule is O=C(c1cccs1)N(CCN1CCOCC1)CC(=O)N1N=C(c2cccs2)C[C@H]1c1ccccc1Cl. The van der Waals surface area contributed by atoms with E-state index in [0.29, 0.717) is 42.6 Å². The van der Waals surface area contributed by atoms with Crippen LogP contribution in [0, 0.1) is 0 Å². The highest BCUT2D eigenvalue weighted by molar-refractivity contribution is 7.12. The fourth-order valence-corrected chi connectivity index (χ4v) is 6.12. The van der Waals surface area contributed by atoms with Crippen molar-refractivity contribution in [3.63, 3.8) is 0 Å². The molecule has 0 bridgehead atoms. The molecule has 188 valence electrons. The number of nitrogens with zero attached hydrogens (tertiary/aromatic N) is 4. The summed E-state index contributed by atoms with van der Waals surface area (Å²) in [4.78, 5) is 32.7. The van der Waals surface area contributed by atoms with Crippen molar-refractivity contribution in [2.45, 2.75) is 12.5 Å². The van der Waals surface area contributed by atoms with Gasteiger partial charge in [0.25, 0.3) is 11.8 Å². The Morgan fingerprint density at radius 3 is 2.56 bits per heavy atom. The molecule has 0 radical (unpaired) electrons. The lowest BCUT2D eigenvalue weighted by Crippen LogP contribution is -2.46. The first-order valence-corrected chi connectivity index (χ1v) is 14.0. The first kappa shape index (κ1) is 25.1. The summed E-state index contributed by atoms with van der Waals surface area (Å²) in [5.74, 6) is -0.360. The summed E-state index contributed by atoms with van der Waals surface area (Å²) in [6.45, 7) is 4.11. The van der Waals surface area contributed by atoms with Gasteiger partial charge in [-0.15, -0.1) is 22.7 Å². The van der Waals surface area contributed by atoms with E-state index in [2.05, 4.69) is 4.90 Å². The predicted molar refractivity (Wildman–Crippen MR) is 144 cm³/mol. The number of benzene rings is 1. The zero-order chi connectivity index (χ0) is 24.9. The molecule has 0 spiro atoms. The maximum atomic E-state index is 13.7. The molecule has 2 aromatic heterocycles. The zero-order valence-electron chi connectivity index (χ0n) is 19.7. The molecule has 0 saturated carbocycles. The molecule has 0 aliphatic carbocycles. The average molecular weight is 543 g/mol. The second-order valence-electron chi connectivity index (χ2n) is 8.66. The van der Waals surface area contributed by atoms with Gasteiger partial charge in [-0.2, -0.15) is 5.10 Å². The topological polar surface area (TPSA) is 65.5 Å². The lowest BCUT2D eigenvalue weighted by molar-refractivity contribution is -0.133. The molecule has 4 heterocycles. The van der Waals surface area contributed by atoms with E-state index < -0.39 is 0 Å². The van der Waals surface area contributed by atoms with Crippen LogP contribution in [0.1, 0.15) is 32.6 Å². The van der Waals surface area contributed by atoms with Gasteiger partial charge in [0.1, 0.15) is 6.54 Å². The Labute approximate surface area is 223 Å². The molecule has 1 saturated heterocycles. The Kier molecular flexibility index (Phi) is 8.13. The van der Waals surface area contributed by atoms with Crippen molar-refractivity contribution in [3.05, 3.63) is 79.6 Å². The van der Waals surface area contributed by atoms with Crippen molar-refractivity contribution in [1.29, 1.82) is 0 Å². The van der Waals surface area contributed by atoms with E-state index in [-0.39, 0.29) is 24.4 Å². The molecule has 5 rings (SSSR count). The fourth-order valence-electron chi connectivity index (χ4n) is 4.45. The first-order chi connectivity index (χ1) is 17.6. The molecule has 2 aliphatic rings. The lowest BCUT2D eigenvalue weighted by atomic mass is 10.0. The summed E-state index contributed by atoms with van der Waals surface area (Å²) >= 11 is 9.52. The molecule has 36 heavy (non-hydrogen) atoms. The average Bonchev–Trinajstić information content (AvgIpc) is 3.68. The Hall–Kier alpha value is -2.56. The van der Waals surface area contributed by atoms with Gasteiger partial charge in [0.05, 0.1) is 34.7 Å². The Balaban J connectivity index is 1.38. The van der Waals surface area contributed by atoms with E-state index >= 15 is 0 Å². The third kappa shape index (κ3) is 5.71. The monoisotopic (exact) mass is 542 g/mol. The molecule has 10 heteroatoms. The summed E-state index contributed by atoms with van der Waals surface area (Å²) in [6.07, 6.45) is 0.572. The minimum Gasteiger partial charge on any atom is -0.379 e. The molecule has 0 unspecified atom stereocenters. The number of carbonyl (C=O) groups excluding carboxylic acids is 2. The van der Waals surface area contributed by atoms with Crippen LogP contribution in [-0.2, 0) is 9.53 Å². The van der Waals surface area contributed by atoms with Gasteiger partial charge < -0.3 is 9.64 Å². The predicted octanol–water partition coefficient (Wildman–Crippen LogP) is 4.62. The van der Waals surface area contributed by atoms with E-state index in [0.717, 1.165) is 29.2 Å². The molecule has 0 N–H and O–H groups in total. The Morgan fingerprint density at radius 1 is 1.06 bits per heavy atom. The number of halogens is 1. The normalized spacial score (nSPS) is 18.3. The van der Waals surface area contributed by atoms with Crippen molar-refractivity contribution in [2.75, 3.05) is 45.9 Å². The largest absolute Gasteiger partial charge is 0.379 e. The van der Waals surface area contributed by atoms with Crippen molar-refractivity contribution in [1.82, 2.24) is 14.8 Å². The Bertz CT molecular complexity index is 1210. The van der Waals surface area contributed by atoms with E-state index in [9.17, 15) is 9.59 Å². The second-order valence-corrected chi connectivity index (χ2v) is 11.0. The van der Waals surface area contributed by atoms with E-state index in [1.165, 1.54) is 16.3 Å². The summed E-state index contributed by atoms with van der Waals surface area (Å²) in [6, 6.07) is 14.9. The van der Waals surface area contributed by atoms with Crippen LogP contribution < -0.4 is 0 Å². The van der Waals surface area contributed by atoms with Crippen LogP contribution in [0.2, 0.25) is 5.02 Å². The van der Waals surface area contributed by atoms with Crippen LogP contribution in [0.15, 0.2) is 64.4 Å². The van der Waals surface area contributed by atoms with Crippen LogP contribution in [0.5, 0.6) is 0 Å². The number of carbonyl (C=O) groups is 2. The summed E-state index contributed by atoms with van der Waals surface area (Å²) in [7, 11) is 0. The van der Waals surface area contributed by atoms with Gasteiger partial charge in [-0.05, 0) is 34.5 Å². The maximum absolute atomic E-state index is 13.7. The third-order valence-electron chi connectivity index (χ3n) is 6.37. The van der Waals surface area contributed by atoms with Crippen LogP contribution >= 0.6 is 34.3 Å². The maximum Gasteiger partial charge on any atom is 0.264 e. The number of thiophene rings is 2. The number of rotatable bonds is 8. The summed E-state index contributed by atoms with van der Waals surface area (Å²) in [5, 5.41) is 10.7. The van der Waals surface area contributed by atoms with E-state index in [4.69, 9.17) is 21.4 Å². The quantitative estimate of drug-likeness (QED) is 0.417. The smallest absolute Gasteiger partial charge is 0.264 e. The molecule has 1 fully saturated rings. The Morgan fingerprint density at radius 2 is 1.83 bits per heavy atom. The van der Waals surface area contributed by atoms with Gasteiger partial charge in [0.15, 0.2) is 0 Å². The van der Waals surface area contributed by atoms with Crippen molar-refractivity contribution in [3.8, 4) is 0 Å². The summed E-state index contributed by atoms with van der Waals surface area (Å²) in [5.41, 5.74) is 1.71. The molecule has 2 aliphatic heterocycles. The van der Waals surface area contributed by atoms with Gasteiger partial charge in [0.2, 0.25) is 0 Å². The minimum absolute atomic E-state index is 0.0523. The molecular weight excluding hydrogens is 516 g/mol. The molecule has 1 atom stereocenters. The van der Waals surface area contributed by atoms with Crippen molar-refractivity contribution >= 4 is 51.8 Å². The van der Waals surface area contributed by atoms with Crippen molar-refractivity contribution < 1.29 is 14.3 Å². The van der Waals surface area contributed by atoms with E-state index in [1.807, 2.05) is 53.2 Å². The number of hydrogen-bond donors (Lipinski definition) is 0.